The van der Waals surface area contributed by atoms with Crippen molar-refractivity contribution in [2.75, 3.05) is 49.6 Å². The number of hydrogen-bond acceptors (Lipinski definition) is 8. The third-order valence-corrected chi connectivity index (χ3v) is 4.04. The molecule has 4 rings (SSSR count). The summed E-state index contributed by atoms with van der Waals surface area (Å²) in [4.78, 5) is 15.2. The van der Waals surface area contributed by atoms with Crippen LogP contribution in [0.25, 0.3) is 0 Å². The maximum Gasteiger partial charge on any atom is 0.257 e. The van der Waals surface area contributed by atoms with Crippen LogP contribution in [-0.4, -0.2) is 60.4 Å². The average Bonchev–Trinajstić information content (AvgIpc) is 2.67. The monoisotopic (exact) mass is 328 g/mol. The Labute approximate surface area is 140 Å². The molecule has 0 spiro atoms. The number of ether oxygens (including phenoxy) is 2. The van der Waals surface area contributed by atoms with E-state index in [2.05, 4.69) is 30.5 Å². The molecule has 2 aromatic rings. The van der Waals surface area contributed by atoms with Crippen LogP contribution in [0.5, 0.6) is 11.8 Å². The smallest absolute Gasteiger partial charge is 0.257 e. The van der Waals surface area contributed by atoms with E-state index >= 15 is 0 Å². The summed E-state index contributed by atoms with van der Waals surface area (Å²) in [5, 5.41) is 6.72. The molecule has 8 heteroatoms. The Kier molecular flexibility index (Phi) is 4.28. The molecular formula is C16H20N6O2. The number of fused-ring (bicyclic) bond motifs is 1. The van der Waals surface area contributed by atoms with E-state index in [0.29, 0.717) is 25.0 Å². The highest BCUT2D eigenvalue weighted by atomic mass is 16.5. The van der Waals surface area contributed by atoms with E-state index in [-0.39, 0.29) is 6.04 Å². The van der Waals surface area contributed by atoms with Crippen molar-refractivity contribution in [3.05, 3.63) is 30.7 Å². The molecule has 0 saturated carbocycles. The molecule has 2 N–H and O–H groups in total. The van der Waals surface area contributed by atoms with Crippen molar-refractivity contribution < 1.29 is 9.47 Å². The molecular weight excluding hydrogens is 308 g/mol. The van der Waals surface area contributed by atoms with Crippen LogP contribution >= 0.6 is 0 Å². The normalized spacial score (nSPS) is 19.8. The van der Waals surface area contributed by atoms with Crippen molar-refractivity contribution in [2.45, 2.75) is 6.04 Å². The minimum Gasteiger partial charge on any atom is -0.474 e. The molecule has 4 heterocycles. The van der Waals surface area contributed by atoms with Gasteiger partial charge in [-0.1, -0.05) is 0 Å². The Morgan fingerprint density at radius 2 is 2.04 bits per heavy atom. The maximum absolute atomic E-state index is 5.95. The lowest BCUT2D eigenvalue weighted by atomic mass is 10.2. The highest BCUT2D eigenvalue weighted by Gasteiger charge is 2.22. The molecule has 24 heavy (non-hydrogen) atoms. The summed E-state index contributed by atoms with van der Waals surface area (Å²) in [6, 6.07) is 3.87. The Hall–Kier alpha value is -2.61. The quantitative estimate of drug-likeness (QED) is 0.841. The van der Waals surface area contributed by atoms with Crippen LogP contribution in [0, 0.1) is 0 Å². The van der Waals surface area contributed by atoms with E-state index in [1.165, 1.54) is 0 Å². The molecule has 0 bridgehead atoms. The summed E-state index contributed by atoms with van der Waals surface area (Å²) in [6.45, 7) is 4.65. The molecule has 2 aliphatic rings. The van der Waals surface area contributed by atoms with Crippen molar-refractivity contribution in [1.82, 2.24) is 20.3 Å². The molecule has 0 radical (unpaired) electrons. The van der Waals surface area contributed by atoms with Gasteiger partial charge < -0.3 is 25.0 Å². The second kappa shape index (κ2) is 6.88. The van der Waals surface area contributed by atoms with Crippen LogP contribution in [-0.2, 0) is 0 Å². The average molecular weight is 328 g/mol. The SMILES string of the molecule is c1cnc2c(c1)NC(COc1nccnc1N1CCNCC1)CO2. The first-order chi connectivity index (χ1) is 11.9. The molecule has 1 unspecified atom stereocenters. The number of nitrogens with zero attached hydrogens (tertiary/aromatic N) is 4. The molecule has 2 aliphatic heterocycles. The van der Waals surface area contributed by atoms with Gasteiger partial charge in [-0.15, -0.1) is 0 Å². The molecule has 2 aromatic heterocycles. The number of rotatable bonds is 4. The minimum atomic E-state index is 0.0413. The lowest BCUT2D eigenvalue weighted by Crippen LogP contribution is -2.44. The van der Waals surface area contributed by atoms with Gasteiger partial charge in [0.05, 0.1) is 11.7 Å². The Morgan fingerprint density at radius 3 is 2.96 bits per heavy atom. The zero-order chi connectivity index (χ0) is 16.2. The number of piperazine rings is 1. The highest BCUT2D eigenvalue weighted by molar-refractivity contribution is 5.54. The van der Waals surface area contributed by atoms with E-state index in [0.717, 1.165) is 37.7 Å². The molecule has 0 amide bonds. The van der Waals surface area contributed by atoms with Gasteiger partial charge in [0.2, 0.25) is 5.88 Å². The van der Waals surface area contributed by atoms with Crippen LogP contribution in [0.15, 0.2) is 30.7 Å². The summed E-state index contributed by atoms with van der Waals surface area (Å²) in [5.41, 5.74) is 0.888. The number of pyridine rings is 1. The van der Waals surface area contributed by atoms with Gasteiger partial charge in [0.25, 0.3) is 5.88 Å². The second-order valence-corrected chi connectivity index (χ2v) is 5.74. The molecule has 126 valence electrons. The molecule has 1 saturated heterocycles. The van der Waals surface area contributed by atoms with E-state index in [9.17, 15) is 0 Å². The van der Waals surface area contributed by atoms with Gasteiger partial charge >= 0.3 is 0 Å². The third kappa shape index (κ3) is 3.18. The van der Waals surface area contributed by atoms with Crippen LogP contribution < -0.4 is 25.0 Å². The predicted molar refractivity (Wildman–Crippen MR) is 89.8 cm³/mol. The first kappa shape index (κ1) is 14.9. The fraction of sp³-hybridized carbons (Fsp3) is 0.438. The molecule has 1 atom stereocenters. The summed E-state index contributed by atoms with van der Waals surface area (Å²) < 4.78 is 11.6. The van der Waals surface area contributed by atoms with Gasteiger partial charge in [0.1, 0.15) is 13.2 Å². The topological polar surface area (TPSA) is 84.4 Å². The number of aromatic nitrogens is 3. The minimum absolute atomic E-state index is 0.0413. The summed E-state index contributed by atoms with van der Waals surface area (Å²) in [6.07, 6.45) is 5.08. The van der Waals surface area contributed by atoms with Gasteiger partial charge in [0.15, 0.2) is 5.82 Å². The Bertz CT molecular complexity index is 692. The largest absolute Gasteiger partial charge is 0.474 e. The lowest BCUT2D eigenvalue weighted by Gasteiger charge is -2.30. The fourth-order valence-corrected chi connectivity index (χ4v) is 2.84. The van der Waals surface area contributed by atoms with Gasteiger partial charge in [-0.25, -0.2) is 15.0 Å². The molecule has 8 nitrogen and oxygen atoms in total. The van der Waals surface area contributed by atoms with E-state index in [1.807, 2.05) is 12.1 Å². The highest BCUT2D eigenvalue weighted by Crippen LogP contribution is 2.27. The van der Waals surface area contributed by atoms with Gasteiger partial charge in [-0.3, -0.25) is 0 Å². The van der Waals surface area contributed by atoms with E-state index < -0.39 is 0 Å². The summed E-state index contributed by atoms with van der Waals surface area (Å²) in [7, 11) is 0. The molecule has 1 fully saturated rings. The Balaban J connectivity index is 1.41. The Morgan fingerprint density at radius 1 is 1.17 bits per heavy atom. The van der Waals surface area contributed by atoms with Crippen molar-refractivity contribution in [3.63, 3.8) is 0 Å². The van der Waals surface area contributed by atoms with Crippen molar-refractivity contribution in [2.24, 2.45) is 0 Å². The van der Waals surface area contributed by atoms with Gasteiger partial charge in [-0.05, 0) is 12.1 Å². The molecule has 0 aromatic carbocycles. The first-order valence-corrected chi connectivity index (χ1v) is 8.14. The van der Waals surface area contributed by atoms with Gasteiger partial charge in [0, 0.05) is 44.8 Å². The van der Waals surface area contributed by atoms with Crippen molar-refractivity contribution in [1.29, 1.82) is 0 Å². The van der Waals surface area contributed by atoms with E-state index in [4.69, 9.17) is 9.47 Å². The van der Waals surface area contributed by atoms with Crippen LogP contribution in [0.1, 0.15) is 0 Å². The van der Waals surface area contributed by atoms with E-state index in [1.54, 1.807) is 18.6 Å². The zero-order valence-corrected chi connectivity index (χ0v) is 13.3. The number of anilines is 2. The van der Waals surface area contributed by atoms with Crippen molar-refractivity contribution in [3.8, 4) is 11.8 Å². The molecule has 0 aliphatic carbocycles. The third-order valence-electron chi connectivity index (χ3n) is 4.04. The van der Waals surface area contributed by atoms with Gasteiger partial charge in [-0.2, -0.15) is 0 Å². The second-order valence-electron chi connectivity index (χ2n) is 5.74. The predicted octanol–water partition coefficient (Wildman–Crippen LogP) is 0.533. The summed E-state index contributed by atoms with van der Waals surface area (Å²) in [5.74, 6) is 2.01. The zero-order valence-electron chi connectivity index (χ0n) is 13.3. The summed E-state index contributed by atoms with van der Waals surface area (Å²) >= 11 is 0. The van der Waals surface area contributed by atoms with Crippen LogP contribution in [0.4, 0.5) is 11.5 Å². The first-order valence-electron chi connectivity index (χ1n) is 8.14. The fourth-order valence-electron chi connectivity index (χ4n) is 2.84. The number of nitrogens with one attached hydrogen (secondary N) is 2. The maximum atomic E-state index is 5.95. The lowest BCUT2D eigenvalue weighted by molar-refractivity contribution is 0.211. The van der Waals surface area contributed by atoms with Crippen LogP contribution in [0.3, 0.4) is 0 Å². The van der Waals surface area contributed by atoms with Crippen molar-refractivity contribution >= 4 is 11.5 Å². The number of hydrogen-bond donors (Lipinski definition) is 2. The van der Waals surface area contributed by atoms with Crippen LogP contribution in [0.2, 0.25) is 0 Å². The standard InChI is InChI=1S/C16H20N6O2/c1-2-13-15(19-3-1)23-10-12(21-13)11-24-16-14(18-4-5-20-16)22-8-6-17-7-9-22/h1-5,12,17,21H,6-11H2.